The lowest BCUT2D eigenvalue weighted by Crippen LogP contribution is -2.48. The van der Waals surface area contributed by atoms with Crippen LogP contribution in [-0.2, 0) is 25.7 Å². The number of hydrogen-bond acceptors (Lipinski definition) is 4. The fourth-order valence-corrected chi connectivity index (χ4v) is 4.34. The lowest BCUT2D eigenvalue weighted by molar-refractivity contribution is -0.143. The Bertz CT molecular complexity index is 841. The number of allylic oxidation sites excluding steroid dienone is 2. The Kier molecular flexibility index (Phi) is 8.20. The zero-order chi connectivity index (χ0) is 23.1. The molecule has 0 radical (unpaired) electrons. The number of carbonyl (C=O) groups excluding carboxylic acids is 4. The molecule has 1 heterocycles. The molecule has 0 saturated carbocycles. The molecule has 1 aliphatic carbocycles. The van der Waals surface area contributed by atoms with Gasteiger partial charge in [0.15, 0.2) is 0 Å². The zero-order valence-electron chi connectivity index (χ0n) is 19.0. The number of benzene rings is 1. The molecular formula is C25H33N3O4. The van der Waals surface area contributed by atoms with Crippen molar-refractivity contribution < 1.29 is 19.2 Å². The van der Waals surface area contributed by atoms with Crippen molar-refractivity contribution in [3.05, 3.63) is 48.0 Å². The third-order valence-electron chi connectivity index (χ3n) is 6.34. The van der Waals surface area contributed by atoms with Gasteiger partial charge < -0.3 is 10.2 Å². The summed E-state index contributed by atoms with van der Waals surface area (Å²) in [6.07, 6.45) is 6.90. The third kappa shape index (κ3) is 5.44. The monoisotopic (exact) mass is 439 g/mol. The van der Waals surface area contributed by atoms with Crippen LogP contribution < -0.4 is 5.32 Å². The fraction of sp³-hybridized carbons (Fsp3) is 0.520. The summed E-state index contributed by atoms with van der Waals surface area (Å²) in [5.74, 6) is -1.42. The second-order valence-electron chi connectivity index (χ2n) is 8.56. The summed E-state index contributed by atoms with van der Waals surface area (Å²) in [5.41, 5.74) is 0.916. The molecule has 2 aliphatic rings. The van der Waals surface area contributed by atoms with Gasteiger partial charge in [0, 0.05) is 26.1 Å². The van der Waals surface area contributed by atoms with Crippen LogP contribution in [0.3, 0.4) is 0 Å². The molecule has 1 fully saturated rings. The van der Waals surface area contributed by atoms with E-state index in [-0.39, 0.29) is 48.4 Å². The lowest BCUT2D eigenvalue weighted by atomic mass is 9.85. The van der Waals surface area contributed by atoms with Crippen LogP contribution in [-0.4, -0.2) is 52.6 Å². The fourth-order valence-electron chi connectivity index (χ4n) is 4.34. The van der Waals surface area contributed by atoms with Gasteiger partial charge in [-0.05, 0) is 31.7 Å². The summed E-state index contributed by atoms with van der Waals surface area (Å²) >= 11 is 0. The van der Waals surface area contributed by atoms with Crippen molar-refractivity contribution in [2.45, 2.75) is 58.5 Å². The molecule has 0 spiro atoms. The first-order chi connectivity index (χ1) is 15.4. The van der Waals surface area contributed by atoms with Crippen LogP contribution in [0.2, 0.25) is 0 Å². The van der Waals surface area contributed by atoms with Crippen molar-refractivity contribution in [1.29, 1.82) is 0 Å². The number of amides is 4. The molecule has 7 nitrogen and oxygen atoms in total. The van der Waals surface area contributed by atoms with Crippen LogP contribution in [0.1, 0.15) is 51.5 Å². The molecule has 3 atom stereocenters. The maximum Gasteiger partial charge on any atom is 0.242 e. The highest BCUT2D eigenvalue weighted by atomic mass is 16.2. The lowest BCUT2D eigenvalue weighted by Gasteiger charge is -2.29. The maximum absolute atomic E-state index is 13.2. The van der Waals surface area contributed by atoms with Crippen molar-refractivity contribution in [1.82, 2.24) is 15.1 Å². The number of hydrogen-bond donors (Lipinski definition) is 1. The van der Waals surface area contributed by atoms with E-state index < -0.39 is 6.04 Å². The Morgan fingerprint density at radius 2 is 1.72 bits per heavy atom. The third-order valence-corrected chi connectivity index (χ3v) is 6.34. The number of imide groups is 1. The summed E-state index contributed by atoms with van der Waals surface area (Å²) in [6, 6.07) is 8.84. The summed E-state index contributed by atoms with van der Waals surface area (Å²) in [7, 11) is 0. The van der Waals surface area contributed by atoms with Crippen molar-refractivity contribution in [2.75, 3.05) is 13.1 Å². The molecule has 1 N–H and O–H groups in total. The molecule has 0 unspecified atom stereocenters. The summed E-state index contributed by atoms with van der Waals surface area (Å²) in [5, 5.41) is 2.89. The molecule has 1 aliphatic heterocycles. The Morgan fingerprint density at radius 3 is 2.31 bits per heavy atom. The van der Waals surface area contributed by atoms with Gasteiger partial charge in [0.05, 0.1) is 11.8 Å². The van der Waals surface area contributed by atoms with Gasteiger partial charge in [0.25, 0.3) is 0 Å². The van der Waals surface area contributed by atoms with Gasteiger partial charge in [-0.1, -0.05) is 55.8 Å². The van der Waals surface area contributed by atoms with Gasteiger partial charge in [0.1, 0.15) is 6.04 Å². The highest BCUT2D eigenvalue weighted by Crippen LogP contribution is 2.35. The van der Waals surface area contributed by atoms with Crippen LogP contribution in [0.15, 0.2) is 42.5 Å². The minimum atomic E-state index is -0.656. The van der Waals surface area contributed by atoms with Crippen molar-refractivity contribution >= 4 is 23.6 Å². The van der Waals surface area contributed by atoms with E-state index in [4.69, 9.17) is 0 Å². The van der Waals surface area contributed by atoms with E-state index in [2.05, 4.69) is 5.32 Å². The summed E-state index contributed by atoms with van der Waals surface area (Å²) < 4.78 is 0. The van der Waals surface area contributed by atoms with E-state index in [0.29, 0.717) is 25.9 Å². The first-order valence-electron chi connectivity index (χ1n) is 11.5. The number of unbranched alkanes of at least 4 members (excludes halogenated alkanes) is 1. The van der Waals surface area contributed by atoms with Gasteiger partial charge >= 0.3 is 0 Å². The van der Waals surface area contributed by atoms with E-state index in [0.717, 1.165) is 18.4 Å². The number of carbonyl (C=O) groups is 4. The standard InChI is InChI=1S/C25H33N3O4/c1-3-4-15-26-23(30)18(2)28(17-19-10-6-5-7-11-19)22(29)14-16-27-24(31)20-12-8-9-13-21(20)25(27)32/h5-11,18,20-21H,3-4,12-17H2,1-2H3,(H,26,30)/t18-,20-,21+/m1/s1. The van der Waals surface area contributed by atoms with Crippen LogP contribution >= 0.6 is 0 Å². The predicted molar refractivity (Wildman–Crippen MR) is 121 cm³/mol. The molecule has 7 heteroatoms. The minimum absolute atomic E-state index is 0.00373. The summed E-state index contributed by atoms with van der Waals surface area (Å²) in [6.45, 7) is 4.68. The van der Waals surface area contributed by atoms with Gasteiger partial charge in [-0.15, -0.1) is 0 Å². The van der Waals surface area contributed by atoms with Crippen LogP contribution in [0, 0.1) is 11.8 Å². The zero-order valence-corrected chi connectivity index (χ0v) is 19.0. The van der Waals surface area contributed by atoms with E-state index in [9.17, 15) is 19.2 Å². The SMILES string of the molecule is CCCCNC(=O)[C@@H](C)N(Cc1ccccc1)C(=O)CCN1C(=O)[C@H]2CC=CC[C@H]2C1=O. The van der Waals surface area contributed by atoms with Crippen molar-refractivity contribution in [3.63, 3.8) is 0 Å². The van der Waals surface area contributed by atoms with E-state index in [1.54, 1.807) is 6.92 Å². The number of fused-ring (bicyclic) bond motifs is 1. The molecular weight excluding hydrogens is 406 g/mol. The average molecular weight is 440 g/mol. The molecule has 0 bridgehead atoms. The predicted octanol–water partition coefficient (Wildman–Crippen LogP) is 2.66. The van der Waals surface area contributed by atoms with Crippen LogP contribution in [0.25, 0.3) is 0 Å². The number of rotatable bonds is 10. The van der Waals surface area contributed by atoms with E-state index in [1.807, 2.05) is 49.4 Å². The molecule has 0 aromatic heterocycles. The molecule has 32 heavy (non-hydrogen) atoms. The first-order valence-corrected chi connectivity index (χ1v) is 11.5. The quantitative estimate of drug-likeness (QED) is 0.345. The van der Waals surface area contributed by atoms with E-state index in [1.165, 1.54) is 9.80 Å². The Balaban J connectivity index is 1.67. The largest absolute Gasteiger partial charge is 0.354 e. The first kappa shape index (κ1) is 23.7. The van der Waals surface area contributed by atoms with Gasteiger partial charge in [-0.25, -0.2) is 0 Å². The Labute approximate surface area is 189 Å². The topological polar surface area (TPSA) is 86.8 Å². The average Bonchev–Trinajstić information content (AvgIpc) is 3.06. The van der Waals surface area contributed by atoms with Crippen LogP contribution in [0.4, 0.5) is 0 Å². The molecule has 1 aromatic rings. The maximum atomic E-state index is 13.2. The number of nitrogens with one attached hydrogen (secondary N) is 1. The molecule has 1 saturated heterocycles. The summed E-state index contributed by atoms with van der Waals surface area (Å²) in [4.78, 5) is 54.0. The van der Waals surface area contributed by atoms with Gasteiger partial charge in [-0.3, -0.25) is 24.1 Å². The molecule has 1 aromatic carbocycles. The van der Waals surface area contributed by atoms with E-state index >= 15 is 0 Å². The van der Waals surface area contributed by atoms with Crippen molar-refractivity contribution in [3.8, 4) is 0 Å². The smallest absolute Gasteiger partial charge is 0.242 e. The van der Waals surface area contributed by atoms with Gasteiger partial charge in [-0.2, -0.15) is 0 Å². The highest BCUT2D eigenvalue weighted by Gasteiger charge is 2.47. The number of nitrogens with zero attached hydrogens (tertiary/aromatic N) is 2. The minimum Gasteiger partial charge on any atom is -0.354 e. The molecule has 4 amide bonds. The molecule has 3 rings (SSSR count). The van der Waals surface area contributed by atoms with Gasteiger partial charge in [0.2, 0.25) is 23.6 Å². The highest BCUT2D eigenvalue weighted by molar-refractivity contribution is 6.05. The second-order valence-corrected chi connectivity index (χ2v) is 8.56. The Hall–Kier alpha value is -2.96. The Morgan fingerprint density at radius 1 is 1.09 bits per heavy atom. The normalized spacial score (nSPS) is 20.8. The van der Waals surface area contributed by atoms with Crippen LogP contribution in [0.5, 0.6) is 0 Å². The number of likely N-dealkylation sites (tertiary alicyclic amines) is 1. The molecule has 172 valence electrons. The van der Waals surface area contributed by atoms with Crippen molar-refractivity contribution in [2.24, 2.45) is 11.8 Å². The second kappa shape index (κ2) is 11.1.